The van der Waals surface area contributed by atoms with Crippen molar-refractivity contribution in [1.82, 2.24) is 0 Å². The van der Waals surface area contributed by atoms with Crippen molar-refractivity contribution in [1.29, 1.82) is 0 Å². The lowest BCUT2D eigenvalue weighted by Gasteiger charge is -2.27. The molecule has 1 heterocycles. The van der Waals surface area contributed by atoms with Crippen LogP contribution in [0.15, 0.2) is 84.5 Å². The van der Waals surface area contributed by atoms with E-state index in [4.69, 9.17) is 4.74 Å². The summed E-state index contributed by atoms with van der Waals surface area (Å²) in [6, 6.07) is 18.2. The predicted octanol–water partition coefficient (Wildman–Crippen LogP) is 4.91. The molecular formula is C24H17NO3. The number of amides is 2. The Balaban J connectivity index is 1.51. The van der Waals surface area contributed by atoms with Crippen molar-refractivity contribution in [3.63, 3.8) is 0 Å². The Morgan fingerprint density at radius 3 is 2.29 bits per heavy atom. The molecule has 2 aliphatic rings. The number of ether oxygens (including phenoxy) is 1. The van der Waals surface area contributed by atoms with Crippen LogP contribution in [0.25, 0.3) is 10.8 Å². The summed E-state index contributed by atoms with van der Waals surface area (Å²) < 4.78 is 5.85. The minimum atomic E-state index is -0.312. The lowest BCUT2D eigenvalue weighted by molar-refractivity contribution is 0.0893. The molecule has 3 aromatic carbocycles. The van der Waals surface area contributed by atoms with Gasteiger partial charge in [0.25, 0.3) is 11.8 Å². The van der Waals surface area contributed by atoms with Gasteiger partial charge >= 0.3 is 0 Å². The molecule has 136 valence electrons. The monoisotopic (exact) mass is 367 g/mol. The minimum Gasteiger partial charge on any atom is -0.489 e. The van der Waals surface area contributed by atoms with Crippen molar-refractivity contribution in [3.8, 4) is 5.75 Å². The average molecular weight is 367 g/mol. The maximum absolute atomic E-state index is 13.1. The van der Waals surface area contributed by atoms with Gasteiger partial charge in [-0.25, -0.2) is 4.90 Å². The lowest BCUT2D eigenvalue weighted by atomic mass is 9.94. The maximum Gasteiger partial charge on any atom is 0.265 e. The van der Waals surface area contributed by atoms with E-state index in [2.05, 4.69) is 12.2 Å². The van der Waals surface area contributed by atoms with Gasteiger partial charge in [0.2, 0.25) is 0 Å². The highest BCUT2D eigenvalue weighted by Crippen LogP contribution is 2.33. The van der Waals surface area contributed by atoms with Crippen molar-refractivity contribution in [2.24, 2.45) is 0 Å². The van der Waals surface area contributed by atoms with E-state index in [1.54, 1.807) is 30.3 Å². The molecule has 3 aromatic rings. The fraction of sp³-hybridized carbons (Fsp3) is 0.0833. The van der Waals surface area contributed by atoms with Crippen LogP contribution < -0.4 is 9.64 Å². The molecule has 28 heavy (non-hydrogen) atoms. The van der Waals surface area contributed by atoms with E-state index in [1.165, 1.54) is 4.90 Å². The van der Waals surface area contributed by atoms with Crippen LogP contribution in [0.2, 0.25) is 0 Å². The molecule has 0 saturated heterocycles. The van der Waals surface area contributed by atoms with E-state index in [0.717, 1.165) is 22.8 Å². The van der Waals surface area contributed by atoms with E-state index < -0.39 is 0 Å². The molecule has 0 saturated carbocycles. The molecule has 2 amide bonds. The van der Waals surface area contributed by atoms with Crippen LogP contribution in [0, 0.1) is 0 Å². The van der Waals surface area contributed by atoms with Gasteiger partial charge in [-0.1, -0.05) is 48.6 Å². The first-order valence-corrected chi connectivity index (χ1v) is 9.21. The van der Waals surface area contributed by atoms with Crippen LogP contribution in [0.3, 0.4) is 0 Å². The van der Waals surface area contributed by atoms with Crippen LogP contribution in [0.1, 0.15) is 27.1 Å². The normalized spacial score (nSPS) is 15.3. The zero-order valence-electron chi connectivity index (χ0n) is 15.1. The number of anilines is 1. The summed E-state index contributed by atoms with van der Waals surface area (Å²) in [6.07, 6.45) is 7.16. The SMILES string of the molecule is O=C1c2cccc3cccc(c23)C(=O)N1c1cccc(OCC2=CCC=C2)c1. The Hall–Kier alpha value is -3.66. The first-order valence-electron chi connectivity index (χ1n) is 9.21. The van der Waals surface area contributed by atoms with Crippen LogP contribution in [0.4, 0.5) is 5.69 Å². The molecule has 1 aliphatic heterocycles. The molecular weight excluding hydrogens is 350 g/mol. The topological polar surface area (TPSA) is 46.6 Å². The molecule has 0 N–H and O–H groups in total. The van der Waals surface area contributed by atoms with Gasteiger partial charge in [-0.2, -0.15) is 0 Å². The Morgan fingerprint density at radius 1 is 0.893 bits per heavy atom. The molecule has 0 bridgehead atoms. The Morgan fingerprint density at radius 2 is 1.61 bits per heavy atom. The molecule has 4 heteroatoms. The molecule has 0 unspecified atom stereocenters. The second-order valence-electron chi connectivity index (χ2n) is 6.86. The number of benzene rings is 3. The van der Waals surface area contributed by atoms with Crippen molar-refractivity contribution in [3.05, 3.63) is 95.6 Å². The smallest absolute Gasteiger partial charge is 0.265 e. The van der Waals surface area contributed by atoms with Gasteiger partial charge in [-0.05, 0) is 41.6 Å². The van der Waals surface area contributed by atoms with E-state index in [-0.39, 0.29) is 11.8 Å². The standard InChI is InChI=1S/C24H17NO3/c26-23-20-12-3-8-17-9-4-13-21(22(17)20)24(27)25(23)18-10-5-11-19(14-18)28-15-16-6-1-2-7-16/h1,3-14H,2,15H2. The number of hydrogen-bond donors (Lipinski definition) is 0. The third-order valence-corrected chi connectivity index (χ3v) is 5.10. The third kappa shape index (κ3) is 2.62. The molecule has 0 spiro atoms. The quantitative estimate of drug-likeness (QED) is 0.616. The van der Waals surface area contributed by atoms with Gasteiger partial charge in [0.05, 0.1) is 5.69 Å². The number of hydrogen-bond acceptors (Lipinski definition) is 3. The molecule has 4 nitrogen and oxygen atoms in total. The van der Waals surface area contributed by atoms with Crippen LogP contribution >= 0.6 is 0 Å². The summed E-state index contributed by atoms with van der Waals surface area (Å²) in [7, 11) is 0. The van der Waals surface area contributed by atoms with E-state index in [1.807, 2.05) is 36.4 Å². The molecule has 0 radical (unpaired) electrons. The van der Waals surface area contributed by atoms with Crippen LogP contribution in [-0.4, -0.2) is 18.4 Å². The third-order valence-electron chi connectivity index (χ3n) is 5.10. The predicted molar refractivity (Wildman–Crippen MR) is 109 cm³/mol. The fourth-order valence-corrected chi connectivity index (χ4v) is 3.76. The first kappa shape index (κ1) is 16.5. The second kappa shape index (κ2) is 6.50. The van der Waals surface area contributed by atoms with E-state index in [0.29, 0.717) is 29.2 Å². The summed E-state index contributed by atoms with van der Waals surface area (Å²) in [5.41, 5.74) is 2.71. The maximum atomic E-state index is 13.1. The van der Waals surface area contributed by atoms with Crippen molar-refractivity contribution < 1.29 is 14.3 Å². The lowest BCUT2D eigenvalue weighted by Crippen LogP contribution is -2.40. The summed E-state index contributed by atoms with van der Waals surface area (Å²) in [4.78, 5) is 27.5. The van der Waals surface area contributed by atoms with Crippen LogP contribution in [-0.2, 0) is 0 Å². The number of allylic oxidation sites excluding steroid dienone is 2. The van der Waals surface area contributed by atoms with Crippen molar-refractivity contribution in [2.45, 2.75) is 6.42 Å². The molecule has 0 atom stereocenters. The zero-order valence-corrected chi connectivity index (χ0v) is 15.1. The van der Waals surface area contributed by atoms with Gasteiger partial charge in [-0.15, -0.1) is 0 Å². The molecule has 0 fully saturated rings. The zero-order chi connectivity index (χ0) is 19.1. The highest BCUT2D eigenvalue weighted by Gasteiger charge is 2.33. The van der Waals surface area contributed by atoms with Gasteiger partial charge in [0, 0.05) is 22.6 Å². The summed E-state index contributed by atoms with van der Waals surface area (Å²) in [6.45, 7) is 0.462. The molecule has 5 rings (SSSR count). The summed E-state index contributed by atoms with van der Waals surface area (Å²) >= 11 is 0. The van der Waals surface area contributed by atoms with Gasteiger partial charge < -0.3 is 4.74 Å². The van der Waals surface area contributed by atoms with Crippen LogP contribution in [0.5, 0.6) is 5.75 Å². The average Bonchev–Trinajstić information content (AvgIpc) is 3.24. The second-order valence-corrected chi connectivity index (χ2v) is 6.86. The highest BCUT2D eigenvalue weighted by molar-refractivity contribution is 6.35. The largest absolute Gasteiger partial charge is 0.489 e. The first-order chi connectivity index (χ1) is 13.7. The fourth-order valence-electron chi connectivity index (χ4n) is 3.76. The Labute approximate surface area is 162 Å². The number of nitrogens with zero attached hydrogens (tertiary/aromatic N) is 1. The number of imide groups is 1. The van der Waals surface area contributed by atoms with Crippen molar-refractivity contribution in [2.75, 3.05) is 11.5 Å². The summed E-state index contributed by atoms with van der Waals surface area (Å²) in [5, 5.41) is 1.62. The number of carbonyl (C=O) groups is 2. The molecule has 1 aliphatic carbocycles. The van der Waals surface area contributed by atoms with Gasteiger partial charge in [0.15, 0.2) is 0 Å². The minimum absolute atomic E-state index is 0.312. The van der Waals surface area contributed by atoms with Crippen molar-refractivity contribution >= 4 is 28.3 Å². The van der Waals surface area contributed by atoms with Gasteiger partial charge in [0.1, 0.15) is 12.4 Å². The van der Waals surface area contributed by atoms with E-state index in [9.17, 15) is 9.59 Å². The Kier molecular flexibility index (Phi) is 3.83. The van der Waals surface area contributed by atoms with Gasteiger partial charge in [-0.3, -0.25) is 9.59 Å². The number of carbonyl (C=O) groups excluding carboxylic acids is 2. The molecule has 0 aromatic heterocycles. The number of rotatable bonds is 4. The Bertz CT molecular complexity index is 1140. The highest BCUT2D eigenvalue weighted by atomic mass is 16.5. The summed E-state index contributed by atoms with van der Waals surface area (Å²) in [5.74, 6) is -0.00265. The van der Waals surface area contributed by atoms with E-state index >= 15 is 0 Å².